The summed E-state index contributed by atoms with van der Waals surface area (Å²) < 4.78 is 23.4. The van der Waals surface area contributed by atoms with E-state index in [1.165, 1.54) is 0 Å². The Bertz CT molecular complexity index is 664. The third-order valence-electron chi connectivity index (χ3n) is 3.21. The van der Waals surface area contributed by atoms with Crippen LogP contribution >= 0.6 is 7.60 Å². The van der Waals surface area contributed by atoms with Crippen LogP contribution in [0.15, 0.2) is 36.4 Å². The molecule has 0 saturated carbocycles. The molecule has 0 saturated heterocycles. The Balaban J connectivity index is 2.55. The van der Waals surface area contributed by atoms with Crippen molar-refractivity contribution in [2.75, 3.05) is 13.2 Å². The van der Waals surface area contributed by atoms with Crippen molar-refractivity contribution in [2.45, 2.75) is 19.6 Å². The summed E-state index contributed by atoms with van der Waals surface area (Å²) in [6.45, 7) is 3.99. The molecular formula is C15H20NO4P. The summed E-state index contributed by atoms with van der Waals surface area (Å²) in [6.07, 6.45) is 0. The minimum absolute atomic E-state index is 0.157. The maximum Gasteiger partial charge on any atom is 0.351 e. The highest BCUT2D eigenvalue weighted by molar-refractivity contribution is 7.54. The Kier molecular flexibility index (Phi) is 5.01. The van der Waals surface area contributed by atoms with E-state index in [4.69, 9.17) is 14.8 Å². The lowest BCUT2D eigenvalue weighted by molar-refractivity contribution is 0.212. The molecule has 0 radical (unpaired) electrons. The highest BCUT2D eigenvalue weighted by atomic mass is 31.2. The first-order valence-corrected chi connectivity index (χ1v) is 8.49. The molecule has 114 valence electrons. The molecule has 5 nitrogen and oxygen atoms in total. The Morgan fingerprint density at radius 1 is 1.10 bits per heavy atom. The molecule has 0 aliphatic carbocycles. The van der Waals surface area contributed by atoms with E-state index >= 15 is 0 Å². The van der Waals surface area contributed by atoms with Crippen molar-refractivity contribution in [3.63, 3.8) is 0 Å². The molecule has 21 heavy (non-hydrogen) atoms. The molecule has 2 aromatic rings. The number of phenolic OH excluding ortho intramolecular Hbond substituents is 1. The monoisotopic (exact) mass is 309 g/mol. The minimum atomic E-state index is -3.46. The van der Waals surface area contributed by atoms with Gasteiger partial charge in [0.1, 0.15) is 11.5 Å². The van der Waals surface area contributed by atoms with Crippen LogP contribution in [0.25, 0.3) is 10.8 Å². The summed E-state index contributed by atoms with van der Waals surface area (Å²) in [5.41, 5.74) is 6.80. The van der Waals surface area contributed by atoms with Gasteiger partial charge in [-0.2, -0.15) is 0 Å². The first-order chi connectivity index (χ1) is 10.0. The Morgan fingerprint density at radius 3 is 2.24 bits per heavy atom. The van der Waals surface area contributed by atoms with Gasteiger partial charge in [0.15, 0.2) is 0 Å². The lowest BCUT2D eigenvalue weighted by atomic mass is 10.0. The van der Waals surface area contributed by atoms with Crippen LogP contribution in [0.2, 0.25) is 0 Å². The fourth-order valence-corrected chi connectivity index (χ4v) is 3.97. The minimum Gasteiger partial charge on any atom is -0.507 e. The topological polar surface area (TPSA) is 81.8 Å². The second kappa shape index (κ2) is 6.58. The van der Waals surface area contributed by atoms with Gasteiger partial charge in [-0.05, 0) is 30.9 Å². The van der Waals surface area contributed by atoms with Crippen LogP contribution in [-0.4, -0.2) is 18.3 Å². The molecule has 2 rings (SSSR count). The van der Waals surface area contributed by atoms with Crippen LogP contribution in [0.4, 0.5) is 0 Å². The summed E-state index contributed by atoms with van der Waals surface area (Å²) in [5, 5.41) is 11.3. The van der Waals surface area contributed by atoms with Gasteiger partial charge < -0.3 is 19.9 Å². The molecule has 0 aliphatic heterocycles. The van der Waals surface area contributed by atoms with E-state index in [0.29, 0.717) is 10.9 Å². The fourth-order valence-electron chi connectivity index (χ4n) is 2.29. The molecule has 0 aliphatic rings. The van der Waals surface area contributed by atoms with E-state index in [-0.39, 0.29) is 19.0 Å². The van der Waals surface area contributed by atoms with Crippen molar-refractivity contribution in [1.82, 2.24) is 0 Å². The number of fused-ring (bicyclic) bond motifs is 1. The standard InChI is InChI=1S/C15H20NO4P/c1-3-19-21(18,20-4-2)15(16)13-9-10-14(17)12-8-6-5-7-11(12)13/h5-10,15,17H,3-4,16H2,1-2H3/t15-/m0/s1. The first kappa shape index (κ1) is 16.0. The number of nitrogens with two attached hydrogens (primary N) is 1. The van der Waals surface area contributed by atoms with E-state index in [2.05, 4.69) is 0 Å². The molecule has 2 aromatic carbocycles. The molecule has 0 fully saturated rings. The van der Waals surface area contributed by atoms with Crippen molar-refractivity contribution in [2.24, 2.45) is 5.73 Å². The molecular weight excluding hydrogens is 289 g/mol. The first-order valence-electron chi connectivity index (χ1n) is 6.88. The SMILES string of the molecule is CCOP(=O)(OCC)[C@H](N)c1ccc(O)c2ccccc12. The molecule has 0 unspecified atom stereocenters. The highest BCUT2D eigenvalue weighted by Gasteiger charge is 2.34. The van der Waals surface area contributed by atoms with Gasteiger partial charge >= 0.3 is 7.60 Å². The molecule has 3 N–H and O–H groups in total. The van der Waals surface area contributed by atoms with Crippen molar-refractivity contribution in [3.05, 3.63) is 42.0 Å². The summed E-state index contributed by atoms with van der Waals surface area (Å²) in [7, 11) is -3.46. The molecule has 0 aromatic heterocycles. The molecule has 6 heteroatoms. The summed E-state index contributed by atoms with van der Waals surface area (Å²) >= 11 is 0. The number of phenols is 1. The van der Waals surface area contributed by atoms with Crippen LogP contribution in [0, 0.1) is 0 Å². The molecule has 0 amide bonds. The maximum atomic E-state index is 12.8. The summed E-state index contributed by atoms with van der Waals surface area (Å²) in [5.74, 6) is -0.743. The van der Waals surface area contributed by atoms with Crippen LogP contribution in [0.5, 0.6) is 5.75 Å². The molecule has 0 bridgehead atoms. The van der Waals surface area contributed by atoms with Gasteiger partial charge in [0.2, 0.25) is 0 Å². The lowest BCUT2D eigenvalue weighted by Crippen LogP contribution is -2.15. The molecule has 1 atom stereocenters. The number of aromatic hydroxyl groups is 1. The zero-order chi connectivity index (χ0) is 15.5. The fraction of sp³-hybridized carbons (Fsp3) is 0.333. The third-order valence-corrected chi connectivity index (χ3v) is 5.41. The van der Waals surface area contributed by atoms with Crippen molar-refractivity contribution in [1.29, 1.82) is 0 Å². The lowest BCUT2D eigenvalue weighted by Gasteiger charge is -2.24. The van der Waals surface area contributed by atoms with E-state index in [0.717, 1.165) is 5.39 Å². The second-order valence-corrected chi connectivity index (χ2v) is 6.69. The second-order valence-electron chi connectivity index (χ2n) is 4.54. The third kappa shape index (κ3) is 3.11. The number of rotatable bonds is 6. The Labute approximate surface area is 124 Å². The smallest absolute Gasteiger partial charge is 0.351 e. The van der Waals surface area contributed by atoms with Crippen molar-refractivity contribution >= 4 is 18.4 Å². The number of hydrogen-bond acceptors (Lipinski definition) is 5. The zero-order valence-corrected chi connectivity index (χ0v) is 13.0. The highest BCUT2D eigenvalue weighted by Crippen LogP contribution is 2.59. The number of hydrogen-bond donors (Lipinski definition) is 2. The normalized spacial score (nSPS) is 13.5. The average molecular weight is 309 g/mol. The van der Waals surface area contributed by atoms with Crippen LogP contribution in [-0.2, 0) is 13.6 Å². The predicted molar refractivity (Wildman–Crippen MR) is 83.4 cm³/mol. The maximum absolute atomic E-state index is 12.8. The van der Waals surface area contributed by atoms with E-state index in [9.17, 15) is 9.67 Å². The van der Waals surface area contributed by atoms with E-state index in [1.807, 2.05) is 18.2 Å². The van der Waals surface area contributed by atoms with Gasteiger partial charge in [0, 0.05) is 5.39 Å². The van der Waals surface area contributed by atoms with Gasteiger partial charge in [0.25, 0.3) is 0 Å². The van der Waals surface area contributed by atoms with Crippen LogP contribution in [0.3, 0.4) is 0 Å². The Hall–Kier alpha value is -1.39. The van der Waals surface area contributed by atoms with Gasteiger partial charge in [-0.25, -0.2) is 0 Å². The van der Waals surface area contributed by atoms with Crippen molar-refractivity contribution < 1.29 is 18.7 Å². The van der Waals surface area contributed by atoms with E-state index in [1.54, 1.807) is 32.0 Å². The molecule has 0 spiro atoms. The van der Waals surface area contributed by atoms with Gasteiger partial charge in [-0.1, -0.05) is 30.3 Å². The number of benzene rings is 2. The van der Waals surface area contributed by atoms with Crippen LogP contribution < -0.4 is 5.73 Å². The molecule has 0 heterocycles. The average Bonchev–Trinajstić information content (AvgIpc) is 2.48. The van der Waals surface area contributed by atoms with Gasteiger partial charge in [-0.15, -0.1) is 0 Å². The predicted octanol–water partition coefficient (Wildman–Crippen LogP) is 3.77. The van der Waals surface area contributed by atoms with Gasteiger partial charge in [-0.3, -0.25) is 4.57 Å². The summed E-state index contributed by atoms with van der Waals surface area (Å²) in [4.78, 5) is 0. The van der Waals surface area contributed by atoms with Gasteiger partial charge in [0.05, 0.1) is 13.2 Å². The zero-order valence-electron chi connectivity index (χ0n) is 12.2. The summed E-state index contributed by atoms with van der Waals surface area (Å²) in [6, 6.07) is 10.5. The largest absolute Gasteiger partial charge is 0.507 e. The quantitative estimate of drug-likeness (QED) is 0.794. The Morgan fingerprint density at radius 2 is 1.67 bits per heavy atom. The van der Waals surface area contributed by atoms with Crippen molar-refractivity contribution in [3.8, 4) is 5.75 Å². The van der Waals surface area contributed by atoms with E-state index < -0.39 is 13.4 Å². The van der Waals surface area contributed by atoms with Crippen LogP contribution in [0.1, 0.15) is 25.2 Å².